The number of methoxy groups -OCH3 is 3. The quantitative estimate of drug-likeness (QED) is 0.111. The Hall–Kier alpha value is -4.92. The van der Waals surface area contributed by atoms with Crippen molar-refractivity contribution in [3.8, 4) is 0 Å². The van der Waals surface area contributed by atoms with Gasteiger partial charge in [-0.3, -0.25) is 14.4 Å². The summed E-state index contributed by atoms with van der Waals surface area (Å²) >= 11 is 0. The third-order valence-corrected chi connectivity index (χ3v) is 16.6. The van der Waals surface area contributed by atoms with Crippen LogP contribution in [-0.2, 0) is 49.4 Å². The normalized spacial score (nSPS) is 32.8. The van der Waals surface area contributed by atoms with Crippen molar-refractivity contribution in [3.63, 3.8) is 0 Å². The first kappa shape index (κ1) is 55.8. The van der Waals surface area contributed by atoms with Gasteiger partial charge in [0.15, 0.2) is 0 Å². The summed E-state index contributed by atoms with van der Waals surface area (Å²) in [6.07, 6.45) is 12.1. The first-order valence-corrected chi connectivity index (χ1v) is 26.9. The molecule has 0 spiro atoms. The van der Waals surface area contributed by atoms with Gasteiger partial charge >= 0.3 is 5.97 Å². The van der Waals surface area contributed by atoms with E-state index in [4.69, 9.17) is 23.7 Å². The Kier molecular flexibility index (Phi) is 19.2. The predicted octanol–water partition coefficient (Wildman–Crippen LogP) is 9.82. The Morgan fingerprint density at radius 3 is 2.34 bits per heavy atom. The van der Waals surface area contributed by atoms with Gasteiger partial charge in [0.25, 0.3) is 11.7 Å². The van der Waals surface area contributed by atoms with E-state index in [9.17, 15) is 24.3 Å². The second-order valence-electron chi connectivity index (χ2n) is 21.9. The molecule has 2 saturated heterocycles. The molecule has 1 amide bonds. The lowest BCUT2D eigenvalue weighted by atomic mass is 9.80. The predicted molar refractivity (Wildman–Crippen MR) is 285 cm³/mol. The van der Waals surface area contributed by atoms with Crippen molar-refractivity contribution in [2.45, 2.75) is 167 Å². The number of carbonyl (C=O) groups is 4. The molecule has 3 aromatic rings. The number of carbonyl (C=O) groups excluding carboxylic acids is 4. The Labute approximate surface area is 434 Å². The first-order chi connectivity index (χ1) is 35.0. The molecule has 2 bridgehead atoms. The van der Waals surface area contributed by atoms with Crippen LogP contribution in [0.15, 0.2) is 96.7 Å². The van der Waals surface area contributed by atoms with Gasteiger partial charge in [-0.1, -0.05) is 74.9 Å². The van der Waals surface area contributed by atoms with Crippen molar-refractivity contribution in [1.82, 2.24) is 9.47 Å². The Morgan fingerprint density at radius 1 is 0.904 bits per heavy atom. The van der Waals surface area contributed by atoms with E-state index in [-0.39, 0.29) is 61.0 Å². The van der Waals surface area contributed by atoms with Gasteiger partial charge in [0.1, 0.15) is 24.0 Å². The van der Waals surface area contributed by atoms with E-state index in [1.807, 2.05) is 26.8 Å². The van der Waals surface area contributed by atoms with Crippen LogP contribution in [0.4, 0.5) is 5.69 Å². The second kappa shape index (κ2) is 25.1. The molecule has 0 radical (unpaired) electrons. The highest BCUT2D eigenvalue weighted by molar-refractivity contribution is 6.39. The maximum absolute atomic E-state index is 14.7. The molecule has 1 N–H and O–H groups in total. The van der Waals surface area contributed by atoms with Crippen LogP contribution in [-0.4, -0.2) is 121 Å². The lowest BCUT2D eigenvalue weighted by molar-refractivity contribution is -0.302. The molecule has 13 heteroatoms. The highest BCUT2D eigenvalue weighted by atomic mass is 16.7. The number of piperidine rings is 1. The van der Waals surface area contributed by atoms with Gasteiger partial charge in [-0.15, -0.1) is 6.58 Å². The Bertz CT molecular complexity index is 2450. The molecule has 73 heavy (non-hydrogen) atoms. The molecule has 7 rings (SSSR count). The van der Waals surface area contributed by atoms with Gasteiger partial charge < -0.3 is 43.2 Å². The zero-order chi connectivity index (χ0) is 52.6. The van der Waals surface area contributed by atoms with E-state index in [0.717, 1.165) is 42.6 Å². The molecule has 1 aromatic heterocycles. The lowest BCUT2D eigenvalue weighted by Gasteiger charge is -2.47. The number of Topliss-reactive ketones (excluding diaryl/α,β-unsaturated/α-hetero) is 2. The number of esters is 1. The summed E-state index contributed by atoms with van der Waals surface area (Å²) in [5.41, 5.74) is 5.48. The van der Waals surface area contributed by atoms with Crippen molar-refractivity contribution < 1.29 is 48.0 Å². The Morgan fingerprint density at radius 2 is 1.63 bits per heavy atom. The fraction of sp³-hybridized carbons (Fsp3) is 0.600. The van der Waals surface area contributed by atoms with Crippen LogP contribution < -0.4 is 4.90 Å². The van der Waals surface area contributed by atoms with Crippen LogP contribution in [0.5, 0.6) is 0 Å². The summed E-state index contributed by atoms with van der Waals surface area (Å²) in [4.78, 5) is 61.4. The number of allylic oxidation sites excluding steroid dienone is 4. The number of hydrogen-bond donors (Lipinski definition) is 1. The number of fused-ring (bicyclic) bond motifs is 4. The molecule has 1 saturated carbocycles. The maximum Gasteiger partial charge on any atom is 0.329 e. The number of amides is 1. The van der Waals surface area contributed by atoms with Gasteiger partial charge in [0, 0.05) is 82.5 Å². The van der Waals surface area contributed by atoms with Gasteiger partial charge in [-0.2, -0.15) is 0 Å². The first-order valence-electron chi connectivity index (χ1n) is 26.9. The van der Waals surface area contributed by atoms with E-state index in [1.165, 1.54) is 21.4 Å². The summed E-state index contributed by atoms with van der Waals surface area (Å²) in [6, 6.07) is 18.4. The number of benzene rings is 2. The van der Waals surface area contributed by atoms with Crippen LogP contribution >= 0.6 is 0 Å². The van der Waals surface area contributed by atoms with Crippen LogP contribution in [0.25, 0.3) is 10.9 Å². The van der Waals surface area contributed by atoms with Gasteiger partial charge in [0.2, 0.25) is 5.79 Å². The SMILES string of the molecule is C=CCC1C=C(C)CC(C)CC(OC)C2OC(O)(C(=O)C(=O)N3CCCCC3C(=O)OC(C(C)=CC3CCC(N(C)c4ccc5c(ccn5Cc5ccccc5)c4)C(OC)C3)C(C)CCC1=O)C(C)CC2OC. The minimum absolute atomic E-state index is 0.0585. The van der Waals surface area contributed by atoms with Crippen LogP contribution in [0.1, 0.15) is 117 Å². The molecule has 4 heterocycles. The van der Waals surface area contributed by atoms with Crippen molar-refractivity contribution in [3.05, 3.63) is 102 Å². The largest absolute Gasteiger partial charge is 0.456 e. The highest BCUT2D eigenvalue weighted by Crippen LogP contribution is 2.40. The molecule has 4 aliphatic rings. The highest BCUT2D eigenvalue weighted by Gasteiger charge is 2.56. The number of nitrogens with zero attached hydrogens (tertiary/aromatic N) is 3. The fourth-order valence-corrected chi connectivity index (χ4v) is 12.4. The van der Waals surface area contributed by atoms with E-state index in [2.05, 4.69) is 96.9 Å². The third-order valence-electron chi connectivity index (χ3n) is 16.6. The molecule has 2 aromatic carbocycles. The average Bonchev–Trinajstić information content (AvgIpc) is 3.79. The number of ketones is 2. The lowest BCUT2D eigenvalue weighted by Crippen LogP contribution is -2.64. The van der Waals surface area contributed by atoms with Crippen molar-refractivity contribution in [2.75, 3.05) is 39.8 Å². The maximum atomic E-state index is 14.7. The minimum atomic E-state index is -2.48. The molecule has 3 fully saturated rings. The minimum Gasteiger partial charge on any atom is -0.456 e. The Balaban J connectivity index is 1.14. The average molecular weight is 1010 g/mol. The van der Waals surface area contributed by atoms with E-state index in [1.54, 1.807) is 34.3 Å². The van der Waals surface area contributed by atoms with Crippen molar-refractivity contribution in [2.24, 2.45) is 29.6 Å². The summed E-state index contributed by atoms with van der Waals surface area (Å²) in [5.74, 6) is -6.37. The molecule has 3 aliphatic heterocycles. The molecule has 13 nitrogen and oxygen atoms in total. The zero-order valence-electron chi connectivity index (χ0n) is 45.0. The summed E-state index contributed by atoms with van der Waals surface area (Å²) in [5, 5.41) is 13.4. The third kappa shape index (κ3) is 13.0. The number of aromatic nitrogens is 1. The summed E-state index contributed by atoms with van der Waals surface area (Å²) < 4.78 is 33.3. The summed E-state index contributed by atoms with van der Waals surface area (Å²) in [7, 11) is 7.04. The smallest absolute Gasteiger partial charge is 0.329 e. The van der Waals surface area contributed by atoms with Crippen LogP contribution in [0.3, 0.4) is 0 Å². The molecule has 13 atom stereocenters. The molecule has 398 valence electrons. The van der Waals surface area contributed by atoms with E-state index >= 15 is 0 Å². The van der Waals surface area contributed by atoms with Crippen molar-refractivity contribution in [1.29, 1.82) is 0 Å². The van der Waals surface area contributed by atoms with Gasteiger partial charge in [0.05, 0.1) is 24.4 Å². The number of anilines is 1. The van der Waals surface area contributed by atoms with E-state index in [0.29, 0.717) is 44.9 Å². The number of hydrogen-bond acceptors (Lipinski definition) is 11. The standard InChI is InChI=1S/C60H83N3O10/c1-11-17-46-31-38(2)30-39(3)32-53(70-9)56-54(71-10)34-42(6)60(68,73-56)57(65)58(66)63-28-16-15-20-50(63)59(67)72-55(40(4)21-26-51(46)64)41(5)33-44-22-24-49(52(35-44)69-8)61(7)47-23-25-48-45(36-47)27-29-62(48)37-43-18-13-12-14-19-43/h11-14,18-19,23,25,27,29,31,33,36,39-40,42,44,46,49-50,52-56,68H,1,15-17,20-22,24,26,28,30,32,34-35,37H2,2-10H3. The number of likely N-dealkylation sites (N-methyl/N-ethyl adjacent to an activating group) is 1. The number of aliphatic hydroxyl groups is 1. The summed E-state index contributed by atoms with van der Waals surface area (Å²) in [6.45, 7) is 14.7. The molecular formula is C60H83N3O10. The van der Waals surface area contributed by atoms with Crippen molar-refractivity contribution >= 4 is 40.0 Å². The zero-order valence-corrected chi connectivity index (χ0v) is 45.0. The van der Waals surface area contributed by atoms with Gasteiger partial charge in [-0.25, -0.2) is 4.79 Å². The van der Waals surface area contributed by atoms with Crippen LogP contribution in [0.2, 0.25) is 0 Å². The number of ether oxygens (including phenoxy) is 5. The number of rotatable bonds is 11. The van der Waals surface area contributed by atoms with Gasteiger partial charge in [-0.05, 0) is 138 Å². The number of cyclic esters (lactones) is 1. The monoisotopic (exact) mass is 1010 g/mol. The molecule has 1 aliphatic carbocycles. The van der Waals surface area contributed by atoms with Crippen LogP contribution in [0, 0.1) is 29.6 Å². The van der Waals surface area contributed by atoms with E-state index < -0.39 is 59.8 Å². The fourth-order valence-electron chi connectivity index (χ4n) is 12.4. The molecule has 13 unspecified atom stereocenters. The second-order valence-corrected chi connectivity index (χ2v) is 21.9. The molecular weight excluding hydrogens is 923 g/mol. The topological polar surface area (TPSA) is 146 Å².